The van der Waals surface area contributed by atoms with Crippen LogP contribution in [0, 0.1) is 5.92 Å². The van der Waals surface area contributed by atoms with E-state index in [1.807, 2.05) is 13.8 Å². The van der Waals surface area contributed by atoms with E-state index in [2.05, 4.69) is 5.32 Å². The third-order valence-electron chi connectivity index (χ3n) is 2.98. The van der Waals surface area contributed by atoms with Gasteiger partial charge in [0.05, 0.1) is 4.90 Å². The van der Waals surface area contributed by atoms with Crippen LogP contribution in [0.4, 0.5) is 14.5 Å². The lowest BCUT2D eigenvalue weighted by molar-refractivity contribution is -0.116. The number of carbonyl (C=O) groups is 1. The minimum atomic E-state index is -4.62. The van der Waals surface area contributed by atoms with Gasteiger partial charge in [-0.2, -0.15) is 8.78 Å². The van der Waals surface area contributed by atoms with Gasteiger partial charge in [0.15, 0.2) is 0 Å². The molecule has 1 unspecified atom stereocenters. The van der Waals surface area contributed by atoms with Gasteiger partial charge in [0.2, 0.25) is 15.7 Å². The zero-order chi connectivity index (χ0) is 16.2. The third kappa shape index (κ3) is 4.75. The Bertz CT molecular complexity index is 586. The number of nitrogens with one attached hydrogen (secondary N) is 1. The molecule has 0 aliphatic rings. The average Bonchev–Trinajstić information content (AvgIpc) is 2.38. The first-order valence-electron chi connectivity index (χ1n) is 6.32. The van der Waals surface area contributed by atoms with Crippen LogP contribution in [0.15, 0.2) is 29.2 Å². The molecule has 0 heterocycles. The maximum Gasteiger partial charge on any atom is 0.341 e. The summed E-state index contributed by atoms with van der Waals surface area (Å²) in [6.45, 7) is 3.78. The highest BCUT2D eigenvalue weighted by atomic mass is 32.2. The van der Waals surface area contributed by atoms with Gasteiger partial charge in [0.25, 0.3) is 0 Å². The molecule has 3 N–H and O–H groups in total. The highest BCUT2D eigenvalue weighted by Gasteiger charge is 2.26. The van der Waals surface area contributed by atoms with Crippen molar-refractivity contribution in [3.63, 3.8) is 0 Å². The molecule has 8 heteroatoms. The molecule has 21 heavy (non-hydrogen) atoms. The second-order valence-corrected chi connectivity index (χ2v) is 6.91. The Morgan fingerprint density at radius 1 is 1.24 bits per heavy atom. The number of sulfone groups is 1. The molecule has 0 aromatic heterocycles. The van der Waals surface area contributed by atoms with Crippen molar-refractivity contribution in [3.05, 3.63) is 24.3 Å². The van der Waals surface area contributed by atoms with Crippen molar-refractivity contribution < 1.29 is 22.0 Å². The van der Waals surface area contributed by atoms with Gasteiger partial charge < -0.3 is 11.1 Å². The highest BCUT2D eigenvalue weighted by Crippen LogP contribution is 2.20. The number of anilines is 1. The van der Waals surface area contributed by atoms with E-state index in [1.165, 1.54) is 12.1 Å². The van der Waals surface area contributed by atoms with Crippen molar-refractivity contribution in [2.75, 3.05) is 5.32 Å². The summed E-state index contributed by atoms with van der Waals surface area (Å²) in [7, 11) is -4.62. The fraction of sp³-hybridized carbons (Fsp3) is 0.462. The Hall–Kier alpha value is -1.54. The fourth-order valence-corrected chi connectivity index (χ4v) is 2.21. The van der Waals surface area contributed by atoms with Gasteiger partial charge in [0, 0.05) is 18.2 Å². The number of nitrogens with two attached hydrogens (primary N) is 1. The predicted octanol–water partition coefficient (Wildman–Crippen LogP) is 1.99. The second-order valence-electron chi connectivity index (χ2n) is 4.99. The van der Waals surface area contributed by atoms with Gasteiger partial charge in [0.1, 0.15) is 0 Å². The smallest absolute Gasteiger partial charge is 0.327 e. The minimum absolute atomic E-state index is 0.120. The molecule has 0 radical (unpaired) electrons. The van der Waals surface area contributed by atoms with Crippen LogP contribution in [0.1, 0.15) is 20.3 Å². The van der Waals surface area contributed by atoms with Crippen LogP contribution in [-0.4, -0.2) is 26.1 Å². The summed E-state index contributed by atoms with van der Waals surface area (Å²) in [5.74, 6) is -3.64. The van der Waals surface area contributed by atoms with E-state index in [-0.39, 0.29) is 24.3 Å². The topological polar surface area (TPSA) is 89.3 Å². The molecule has 1 amide bonds. The van der Waals surface area contributed by atoms with E-state index in [4.69, 9.17) is 5.73 Å². The van der Waals surface area contributed by atoms with Gasteiger partial charge in [-0.15, -0.1) is 0 Å². The van der Waals surface area contributed by atoms with Crippen LogP contribution >= 0.6 is 0 Å². The van der Waals surface area contributed by atoms with Gasteiger partial charge >= 0.3 is 5.76 Å². The lowest BCUT2D eigenvalue weighted by atomic mass is 10.0. The van der Waals surface area contributed by atoms with Crippen molar-refractivity contribution in [2.45, 2.75) is 37.0 Å². The molecule has 0 aliphatic heterocycles. The van der Waals surface area contributed by atoms with Crippen LogP contribution < -0.4 is 11.1 Å². The van der Waals surface area contributed by atoms with Crippen LogP contribution in [0.5, 0.6) is 0 Å². The van der Waals surface area contributed by atoms with Crippen molar-refractivity contribution in [1.82, 2.24) is 0 Å². The predicted molar refractivity (Wildman–Crippen MR) is 75.7 cm³/mol. The maximum absolute atomic E-state index is 12.4. The summed E-state index contributed by atoms with van der Waals surface area (Å²) in [4.78, 5) is 11.2. The number of alkyl halides is 2. The Balaban J connectivity index is 2.74. The number of benzene rings is 1. The van der Waals surface area contributed by atoms with Crippen LogP contribution in [0.25, 0.3) is 0 Å². The lowest BCUT2D eigenvalue weighted by Gasteiger charge is -2.15. The Kier molecular flexibility index (Phi) is 5.79. The Labute approximate surface area is 122 Å². The van der Waals surface area contributed by atoms with Gasteiger partial charge in [-0.1, -0.05) is 13.8 Å². The summed E-state index contributed by atoms with van der Waals surface area (Å²) in [6, 6.07) is 4.28. The molecule has 0 fully saturated rings. The summed E-state index contributed by atoms with van der Waals surface area (Å²) in [5.41, 5.74) is 6.09. The fourth-order valence-electron chi connectivity index (χ4n) is 1.49. The van der Waals surface area contributed by atoms with Crippen LogP contribution in [0.2, 0.25) is 0 Å². The number of hydrogen-bond acceptors (Lipinski definition) is 4. The Morgan fingerprint density at radius 3 is 2.19 bits per heavy atom. The highest BCUT2D eigenvalue weighted by molar-refractivity contribution is 7.91. The quantitative estimate of drug-likeness (QED) is 0.839. The molecular weight excluding hydrogens is 302 g/mol. The summed E-state index contributed by atoms with van der Waals surface area (Å²) >= 11 is 0. The molecule has 0 spiro atoms. The van der Waals surface area contributed by atoms with E-state index in [0.29, 0.717) is 5.69 Å². The van der Waals surface area contributed by atoms with Gasteiger partial charge in [-0.25, -0.2) is 8.42 Å². The zero-order valence-electron chi connectivity index (χ0n) is 11.7. The van der Waals surface area contributed by atoms with Crippen LogP contribution in [-0.2, 0) is 14.6 Å². The van der Waals surface area contributed by atoms with Crippen molar-refractivity contribution in [1.29, 1.82) is 0 Å². The zero-order valence-corrected chi connectivity index (χ0v) is 12.5. The molecule has 0 aliphatic carbocycles. The Morgan fingerprint density at radius 2 is 1.76 bits per heavy atom. The molecule has 118 valence electrons. The molecule has 1 aromatic carbocycles. The molecule has 1 atom stereocenters. The molecular formula is C13H18F2N2O3S. The number of carbonyl (C=O) groups excluding carboxylic acids is 1. The van der Waals surface area contributed by atoms with Crippen molar-refractivity contribution in [3.8, 4) is 0 Å². The van der Waals surface area contributed by atoms with E-state index in [0.717, 1.165) is 12.1 Å². The standard InChI is InChI=1S/C13H18F2N2O3S/c1-8(2)11(16)7-12(18)17-9-3-5-10(6-4-9)21(19,20)13(14)15/h3-6,8,11,13H,7,16H2,1-2H3,(H,17,18). The average molecular weight is 320 g/mol. The van der Waals surface area contributed by atoms with E-state index in [9.17, 15) is 22.0 Å². The first-order chi connectivity index (χ1) is 9.64. The molecule has 0 saturated heterocycles. The normalized spacial score (nSPS) is 13.5. The van der Waals surface area contributed by atoms with Crippen molar-refractivity contribution in [2.24, 2.45) is 11.7 Å². The van der Waals surface area contributed by atoms with Crippen molar-refractivity contribution >= 4 is 21.4 Å². The molecule has 1 aromatic rings. The van der Waals surface area contributed by atoms with E-state index < -0.39 is 20.5 Å². The first-order valence-corrected chi connectivity index (χ1v) is 7.86. The van der Waals surface area contributed by atoms with Gasteiger partial charge in [-0.3, -0.25) is 4.79 Å². The second kappa shape index (κ2) is 6.95. The lowest BCUT2D eigenvalue weighted by Crippen LogP contribution is -2.31. The maximum atomic E-state index is 12.4. The SMILES string of the molecule is CC(C)C(N)CC(=O)Nc1ccc(S(=O)(=O)C(F)F)cc1. The molecule has 1 rings (SSSR count). The van der Waals surface area contributed by atoms with Gasteiger partial charge in [-0.05, 0) is 30.2 Å². The molecule has 5 nitrogen and oxygen atoms in total. The number of rotatable bonds is 6. The largest absolute Gasteiger partial charge is 0.341 e. The number of halogens is 2. The van der Waals surface area contributed by atoms with E-state index >= 15 is 0 Å². The minimum Gasteiger partial charge on any atom is -0.327 e. The third-order valence-corrected chi connectivity index (χ3v) is 4.38. The number of amides is 1. The first kappa shape index (κ1) is 17.5. The van der Waals surface area contributed by atoms with E-state index in [1.54, 1.807) is 0 Å². The number of hydrogen-bond donors (Lipinski definition) is 2. The summed E-state index contributed by atoms with van der Waals surface area (Å²) in [5, 5.41) is 2.53. The summed E-state index contributed by atoms with van der Waals surface area (Å²) in [6.07, 6.45) is 0.120. The monoisotopic (exact) mass is 320 g/mol. The molecule has 0 saturated carbocycles. The molecule has 0 bridgehead atoms. The summed E-state index contributed by atoms with van der Waals surface area (Å²) < 4.78 is 47.2. The van der Waals surface area contributed by atoms with Crippen LogP contribution in [0.3, 0.4) is 0 Å².